The Labute approximate surface area is 103 Å². The summed E-state index contributed by atoms with van der Waals surface area (Å²) >= 11 is 0. The molecular weight excluding hydrogens is 218 g/mol. The zero-order valence-corrected chi connectivity index (χ0v) is 11.0. The first kappa shape index (κ1) is 14.0. The number of carbonyl (C=O) groups is 2. The summed E-state index contributed by atoms with van der Waals surface area (Å²) in [5.74, 6) is 0.0494. The molecule has 98 valence electrons. The highest BCUT2D eigenvalue weighted by molar-refractivity contribution is 5.86. The Kier molecular flexibility index (Phi) is 5.41. The maximum absolute atomic E-state index is 11.9. The lowest BCUT2D eigenvalue weighted by Crippen LogP contribution is -2.43. The van der Waals surface area contributed by atoms with Crippen LogP contribution >= 0.6 is 0 Å². The number of hydrogen-bond donors (Lipinski definition) is 1. The second-order valence-electron chi connectivity index (χ2n) is 4.67. The van der Waals surface area contributed by atoms with Gasteiger partial charge < -0.3 is 15.1 Å². The molecule has 1 unspecified atom stereocenters. The Morgan fingerprint density at radius 3 is 2.82 bits per heavy atom. The Morgan fingerprint density at radius 2 is 2.18 bits per heavy atom. The van der Waals surface area contributed by atoms with E-state index in [2.05, 4.69) is 19.2 Å². The molecule has 5 nitrogen and oxygen atoms in total. The van der Waals surface area contributed by atoms with Gasteiger partial charge in [0.2, 0.25) is 11.8 Å². The van der Waals surface area contributed by atoms with E-state index in [0.717, 1.165) is 19.4 Å². The lowest BCUT2D eigenvalue weighted by atomic mass is 10.2. The van der Waals surface area contributed by atoms with E-state index in [4.69, 9.17) is 0 Å². The molecule has 1 aliphatic heterocycles. The zero-order chi connectivity index (χ0) is 12.8. The van der Waals surface area contributed by atoms with Crippen molar-refractivity contribution < 1.29 is 9.59 Å². The third kappa shape index (κ3) is 4.34. The molecule has 0 saturated carbocycles. The molecule has 1 atom stereocenters. The monoisotopic (exact) mass is 241 g/mol. The van der Waals surface area contributed by atoms with Gasteiger partial charge in [-0.1, -0.05) is 6.92 Å². The number of likely N-dealkylation sites (N-methyl/N-ethyl adjacent to an activating group) is 1. The summed E-state index contributed by atoms with van der Waals surface area (Å²) in [7, 11) is 1.79. The first-order valence-electron chi connectivity index (χ1n) is 6.29. The van der Waals surface area contributed by atoms with Crippen molar-refractivity contribution in [1.82, 2.24) is 15.1 Å². The van der Waals surface area contributed by atoms with Crippen LogP contribution in [0.3, 0.4) is 0 Å². The number of rotatable bonds is 4. The fourth-order valence-electron chi connectivity index (χ4n) is 1.72. The quantitative estimate of drug-likeness (QED) is 0.757. The Balaban J connectivity index is 2.43. The highest BCUT2D eigenvalue weighted by Gasteiger charge is 2.22. The molecule has 1 saturated heterocycles. The van der Waals surface area contributed by atoms with E-state index in [9.17, 15) is 9.59 Å². The van der Waals surface area contributed by atoms with Gasteiger partial charge in [0.25, 0.3) is 0 Å². The van der Waals surface area contributed by atoms with E-state index in [1.807, 2.05) is 0 Å². The first-order chi connectivity index (χ1) is 8.04. The van der Waals surface area contributed by atoms with Crippen LogP contribution in [-0.2, 0) is 9.59 Å². The van der Waals surface area contributed by atoms with Gasteiger partial charge in [-0.2, -0.15) is 0 Å². The van der Waals surface area contributed by atoms with E-state index >= 15 is 0 Å². The zero-order valence-electron chi connectivity index (χ0n) is 11.0. The molecule has 0 bridgehead atoms. The molecule has 0 spiro atoms. The number of hydrogen-bond acceptors (Lipinski definition) is 3. The van der Waals surface area contributed by atoms with Gasteiger partial charge >= 0.3 is 0 Å². The topological polar surface area (TPSA) is 52.7 Å². The molecule has 1 rings (SSSR count). The Bertz CT molecular complexity index is 281. The van der Waals surface area contributed by atoms with E-state index < -0.39 is 0 Å². The highest BCUT2D eigenvalue weighted by atomic mass is 16.2. The number of nitrogens with one attached hydrogen (secondary N) is 1. The molecule has 1 aliphatic rings. The largest absolute Gasteiger partial charge is 0.344 e. The van der Waals surface area contributed by atoms with Gasteiger partial charge in [-0.15, -0.1) is 0 Å². The summed E-state index contributed by atoms with van der Waals surface area (Å²) in [6.07, 6.45) is 1.85. The van der Waals surface area contributed by atoms with Crippen molar-refractivity contribution in [3.63, 3.8) is 0 Å². The van der Waals surface area contributed by atoms with Crippen molar-refractivity contribution in [2.45, 2.75) is 32.7 Å². The third-order valence-electron chi connectivity index (χ3n) is 3.24. The second kappa shape index (κ2) is 6.59. The molecule has 0 radical (unpaired) electrons. The Hall–Kier alpha value is -1.10. The average Bonchev–Trinajstić information content (AvgIpc) is 2.48. The number of nitrogens with zero attached hydrogens (tertiary/aromatic N) is 2. The molecule has 1 fully saturated rings. The molecule has 0 aromatic carbocycles. The van der Waals surface area contributed by atoms with Crippen molar-refractivity contribution in [2.75, 3.05) is 33.2 Å². The van der Waals surface area contributed by atoms with Gasteiger partial charge in [0, 0.05) is 26.2 Å². The third-order valence-corrected chi connectivity index (χ3v) is 3.24. The van der Waals surface area contributed by atoms with Gasteiger partial charge in [0.05, 0.1) is 13.1 Å². The molecule has 0 aromatic heterocycles. The van der Waals surface area contributed by atoms with Gasteiger partial charge in [0.15, 0.2) is 0 Å². The predicted octanol–water partition coefficient (Wildman–Crippen LogP) is 0.0652. The molecule has 5 heteroatoms. The summed E-state index contributed by atoms with van der Waals surface area (Å²) in [6, 6.07) is 0.337. The van der Waals surface area contributed by atoms with Crippen LogP contribution in [0.4, 0.5) is 0 Å². The second-order valence-corrected chi connectivity index (χ2v) is 4.67. The minimum Gasteiger partial charge on any atom is -0.344 e. The molecule has 1 heterocycles. The van der Waals surface area contributed by atoms with Crippen molar-refractivity contribution in [2.24, 2.45) is 0 Å². The van der Waals surface area contributed by atoms with E-state index in [1.165, 1.54) is 0 Å². The molecule has 0 aromatic rings. The van der Waals surface area contributed by atoms with Gasteiger partial charge in [-0.05, 0) is 19.8 Å². The average molecular weight is 241 g/mol. The molecule has 2 amide bonds. The van der Waals surface area contributed by atoms with E-state index in [1.54, 1.807) is 16.8 Å². The van der Waals surface area contributed by atoms with Gasteiger partial charge in [-0.25, -0.2) is 0 Å². The molecule has 0 aliphatic carbocycles. The van der Waals surface area contributed by atoms with Crippen molar-refractivity contribution in [1.29, 1.82) is 0 Å². The standard InChI is InChI=1S/C12H23N3O2/c1-4-10(2)13-8-11(16)15-7-5-6-14(3)12(17)9-15/h10,13H,4-9H2,1-3H3. The van der Waals surface area contributed by atoms with Crippen LogP contribution in [0.25, 0.3) is 0 Å². The lowest BCUT2D eigenvalue weighted by molar-refractivity contribution is -0.137. The summed E-state index contributed by atoms with van der Waals surface area (Å²) in [6.45, 7) is 6.09. The van der Waals surface area contributed by atoms with Crippen LogP contribution in [0.15, 0.2) is 0 Å². The van der Waals surface area contributed by atoms with Crippen LogP contribution in [0.2, 0.25) is 0 Å². The van der Waals surface area contributed by atoms with Crippen molar-refractivity contribution >= 4 is 11.8 Å². The molecular formula is C12H23N3O2. The highest BCUT2D eigenvalue weighted by Crippen LogP contribution is 2.02. The summed E-state index contributed by atoms with van der Waals surface area (Å²) < 4.78 is 0. The smallest absolute Gasteiger partial charge is 0.241 e. The lowest BCUT2D eigenvalue weighted by Gasteiger charge is -2.21. The maximum atomic E-state index is 11.9. The molecule has 17 heavy (non-hydrogen) atoms. The van der Waals surface area contributed by atoms with Crippen LogP contribution in [-0.4, -0.2) is 60.9 Å². The summed E-state index contributed by atoms with van der Waals surface area (Å²) in [5.41, 5.74) is 0. The fraction of sp³-hybridized carbons (Fsp3) is 0.833. The molecule has 1 N–H and O–H groups in total. The van der Waals surface area contributed by atoms with Crippen LogP contribution in [0.1, 0.15) is 26.7 Å². The SMILES string of the molecule is CCC(C)NCC(=O)N1CCCN(C)C(=O)C1. The number of amides is 2. The minimum absolute atomic E-state index is 0.0222. The van der Waals surface area contributed by atoms with Crippen LogP contribution in [0.5, 0.6) is 0 Å². The fourth-order valence-corrected chi connectivity index (χ4v) is 1.72. The van der Waals surface area contributed by atoms with Gasteiger partial charge in [0.1, 0.15) is 0 Å². The summed E-state index contributed by atoms with van der Waals surface area (Å²) in [4.78, 5) is 26.9. The van der Waals surface area contributed by atoms with Crippen LogP contribution in [0, 0.1) is 0 Å². The van der Waals surface area contributed by atoms with Gasteiger partial charge in [-0.3, -0.25) is 9.59 Å². The normalized spacial score (nSPS) is 19.1. The summed E-state index contributed by atoms with van der Waals surface area (Å²) in [5, 5.41) is 3.16. The van der Waals surface area contributed by atoms with Crippen molar-refractivity contribution in [3.05, 3.63) is 0 Å². The van der Waals surface area contributed by atoms with Crippen LogP contribution < -0.4 is 5.32 Å². The predicted molar refractivity (Wildman–Crippen MR) is 66.6 cm³/mol. The van der Waals surface area contributed by atoms with E-state index in [0.29, 0.717) is 19.1 Å². The number of carbonyl (C=O) groups excluding carboxylic acids is 2. The van der Waals surface area contributed by atoms with E-state index in [-0.39, 0.29) is 18.4 Å². The maximum Gasteiger partial charge on any atom is 0.241 e. The first-order valence-corrected chi connectivity index (χ1v) is 6.29. The Morgan fingerprint density at radius 1 is 1.47 bits per heavy atom. The minimum atomic E-state index is 0.0222. The van der Waals surface area contributed by atoms with Crippen molar-refractivity contribution in [3.8, 4) is 0 Å².